The Morgan fingerprint density at radius 2 is 2.10 bits per heavy atom. The maximum absolute atomic E-state index is 12.6. The molecule has 0 unspecified atom stereocenters. The molecule has 0 radical (unpaired) electrons. The lowest BCUT2D eigenvalue weighted by Gasteiger charge is -2.14. The number of nitrogens with one attached hydrogen (secondary N) is 1. The lowest BCUT2D eigenvalue weighted by molar-refractivity contribution is -0.137. The van der Waals surface area contributed by atoms with Gasteiger partial charge in [0.05, 0.1) is 12.2 Å². The fourth-order valence-corrected chi connectivity index (χ4v) is 1.63. The van der Waals surface area contributed by atoms with Crippen molar-refractivity contribution >= 4 is 5.91 Å². The Morgan fingerprint density at radius 3 is 2.67 bits per heavy atom. The molecule has 0 aliphatic heterocycles. The summed E-state index contributed by atoms with van der Waals surface area (Å²) < 4.78 is 42.5. The van der Waals surface area contributed by atoms with Crippen LogP contribution < -0.4 is 11.1 Å². The number of rotatable bonds is 6. The Hall–Kier alpha value is -1.60. The summed E-state index contributed by atoms with van der Waals surface area (Å²) >= 11 is 0. The van der Waals surface area contributed by atoms with E-state index in [1.54, 1.807) is 0 Å². The fraction of sp³-hybridized carbons (Fsp3) is 0.500. The van der Waals surface area contributed by atoms with E-state index in [1.165, 1.54) is 19.2 Å². The van der Waals surface area contributed by atoms with E-state index in [9.17, 15) is 18.0 Å². The van der Waals surface area contributed by atoms with Crippen LogP contribution in [0.2, 0.25) is 0 Å². The van der Waals surface area contributed by atoms with Gasteiger partial charge in [0.25, 0.3) is 0 Å². The summed E-state index contributed by atoms with van der Waals surface area (Å²) in [5.41, 5.74) is 5.26. The molecule has 0 aliphatic carbocycles. The molecule has 0 fully saturated rings. The first-order valence-electron chi connectivity index (χ1n) is 6.03. The maximum atomic E-state index is 12.6. The van der Waals surface area contributed by atoms with Crippen molar-refractivity contribution in [3.8, 4) is 0 Å². The standard InChI is InChI=1S/C13H17F3N2O2.CH4/c1-20-6-5-18-12(19)8-11(17)9-3-2-4-10(7-9)13(14,15)16;/h2-4,7,11H,5-6,8,17H2,1H3,(H,18,19);1H4/t11-;/m0./s1. The molecule has 3 N–H and O–H groups in total. The van der Waals surface area contributed by atoms with E-state index in [4.69, 9.17) is 10.5 Å². The fourth-order valence-electron chi connectivity index (χ4n) is 1.63. The number of methoxy groups -OCH3 is 1. The maximum Gasteiger partial charge on any atom is 0.416 e. The largest absolute Gasteiger partial charge is 0.416 e. The van der Waals surface area contributed by atoms with Gasteiger partial charge in [0.15, 0.2) is 0 Å². The highest BCUT2D eigenvalue weighted by Gasteiger charge is 2.30. The number of ether oxygens (including phenoxy) is 1. The number of benzene rings is 1. The number of hydrogen-bond donors (Lipinski definition) is 2. The minimum atomic E-state index is -4.42. The number of carbonyl (C=O) groups excluding carboxylic acids is 1. The van der Waals surface area contributed by atoms with Crippen LogP contribution in [0.15, 0.2) is 24.3 Å². The lowest BCUT2D eigenvalue weighted by Crippen LogP contribution is -2.30. The van der Waals surface area contributed by atoms with E-state index in [0.29, 0.717) is 13.2 Å². The molecular weight excluding hydrogens is 285 g/mol. The van der Waals surface area contributed by atoms with Gasteiger partial charge in [-0.15, -0.1) is 0 Å². The van der Waals surface area contributed by atoms with E-state index in [2.05, 4.69) is 5.32 Å². The number of alkyl halides is 3. The molecule has 21 heavy (non-hydrogen) atoms. The summed E-state index contributed by atoms with van der Waals surface area (Å²) in [4.78, 5) is 11.5. The summed E-state index contributed by atoms with van der Waals surface area (Å²) in [6, 6.07) is 3.91. The molecule has 0 bridgehead atoms. The van der Waals surface area contributed by atoms with Crippen molar-refractivity contribution in [1.29, 1.82) is 0 Å². The molecule has 0 saturated heterocycles. The summed E-state index contributed by atoms with van der Waals surface area (Å²) in [6.45, 7) is 0.704. The average Bonchev–Trinajstić information content (AvgIpc) is 2.38. The van der Waals surface area contributed by atoms with Crippen molar-refractivity contribution in [2.75, 3.05) is 20.3 Å². The van der Waals surface area contributed by atoms with Gasteiger partial charge in [-0.25, -0.2) is 0 Å². The molecule has 1 aromatic rings. The van der Waals surface area contributed by atoms with E-state index >= 15 is 0 Å². The predicted octanol–water partition coefficient (Wildman–Crippen LogP) is 2.49. The van der Waals surface area contributed by atoms with Gasteiger partial charge in [0, 0.05) is 26.1 Å². The number of amides is 1. The van der Waals surface area contributed by atoms with Crippen LogP contribution in [0.1, 0.15) is 31.0 Å². The molecular formula is C14H21F3N2O2. The highest BCUT2D eigenvalue weighted by molar-refractivity contribution is 5.76. The molecule has 0 heterocycles. The number of halogens is 3. The topological polar surface area (TPSA) is 64.3 Å². The predicted molar refractivity (Wildman–Crippen MR) is 74.6 cm³/mol. The molecule has 120 valence electrons. The third-order valence-electron chi connectivity index (χ3n) is 2.68. The van der Waals surface area contributed by atoms with Crippen LogP contribution >= 0.6 is 0 Å². The Bertz CT molecular complexity index is 450. The summed E-state index contributed by atoms with van der Waals surface area (Å²) in [6.07, 6.45) is -4.50. The van der Waals surface area contributed by atoms with E-state index in [0.717, 1.165) is 12.1 Å². The number of carbonyl (C=O) groups is 1. The third kappa shape index (κ3) is 6.59. The van der Waals surface area contributed by atoms with Crippen molar-refractivity contribution < 1.29 is 22.7 Å². The monoisotopic (exact) mass is 306 g/mol. The van der Waals surface area contributed by atoms with Gasteiger partial charge >= 0.3 is 6.18 Å². The van der Waals surface area contributed by atoms with Crippen LogP contribution in [-0.2, 0) is 15.7 Å². The summed E-state index contributed by atoms with van der Waals surface area (Å²) in [7, 11) is 1.50. The van der Waals surface area contributed by atoms with Crippen molar-refractivity contribution in [2.45, 2.75) is 26.1 Å². The molecule has 1 aromatic carbocycles. The van der Waals surface area contributed by atoms with Gasteiger partial charge in [0.2, 0.25) is 5.91 Å². The van der Waals surface area contributed by atoms with Crippen LogP contribution in [0.3, 0.4) is 0 Å². The van der Waals surface area contributed by atoms with Gasteiger partial charge in [-0.05, 0) is 17.7 Å². The lowest BCUT2D eigenvalue weighted by atomic mass is 10.0. The molecule has 0 aliphatic rings. The van der Waals surface area contributed by atoms with Gasteiger partial charge in [-0.1, -0.05) is 19.6 Å². The van der Waals surface area contributed by atoms with Crippen molar-refractivity contribution in [1.82, 2.24) is 5.32 Å². The zero-order valence-electron chi connectivity index (χ0n) is 11.0. The second-order valence-corrected chi connectivity index (χ2v) is 4.28. The Labute approximate surface area is 122 Å². The van der Waals surface area contributed by atoms with Crippen LogP contribution in [0, 0.1) is 0 Å². The van der Waals surface area contributed by atoms with E-state index in [-0.39, 0.29) is 25.3 Å². The van der Waals surface area contributed by atoms with Crippen LogP contribution in [-0.4, -0.2) is 26.2 Å². The first-order chi connectivity index (χ1) is 9.34. The highest BCUT2D eigenvalue weighted by atomic mass is 19.4. The smallest absolute Gasteiger partial charge is 0.383 e. The first-order valence-corrected chi connectivity index (χ1v) is 6.03. The van der Waals surface area contributed by atoms with Gasteiger partial charge in [-0.2, -0.15) is 13.2 Å². The quantitative estimate of drug-likeness (QED) is 0.794. The molecule has 1 rings (SSSR count). The number of nitrogens with two attached hydrogens (primary N) is 1. The second kappa shape index (κ2) is 8.63. The summed E-state index contributed by atoms with van der Waals surface area (Å²) in [5.74, 6) is -0.327. The Balaban J connectivity index is 0.00000400. The first kappa shape index (κ1) is 19.4. The van der Waals surface area contributed by atoms with Crippen molar-refractivity contribution in [2.24, 2.45) is 5.73 Å². The molecule has 7 heteroatoms. The Kier molecular flexibility index (Phi) is 7.98. The minimum absolute atomic E-state index is 0. The number of hydrogen-bond acceptors (Lipinski definition) is 3. The third-order valence-corrected chi connectivity index (χ3v) is 2.68. The van der Waals surface area contributed by atoms with Gasteiger partial charge in [0.1, 0.15) is 0 Å². The molecule has 0 spiro atoms. The van der Waals surface area contributed by atoms with Crippen molar-refractivity contribution in [3.63, 3.8) is 0 Å². The molecule has 4 nitrogen and oxygen atoms in total. The molecule has 1 atom stereocenters. The van der Waals surface area contributed by atoms with Crippen molar-refractivity contribution in [3.05, 3.63) is 35.4 Å². The van der Waals surface area contributed by atoms with Crippen LogP contribution in [0.5, 0.6) is 0 Å². The zero-order valence-corrected chi connectivity index (χ0v) is 11.0. The van der Waals surface area contributed by atoms with Crippen LogP contribution in [0.4, 0.5) is 13.2 Å². The zero-order chi connectivity index (χ0) is 15.2. The van der Waals surface area contributed by atoms with E-state index < -0.39 is 17.8 Å². The average molecular weight is 306 g/mol. The SMILES string of the molecule is C.COCCNC(=O)C[C@H](N)c1cccc(C(F)(F)F)c1. The normalized spacial score (nSPS) is 12.4. The molecule has 1 amide bonds. The van der Waals surface area contributed by atoms with Crippen LogP contribution in [0.25, 0.3) is 0 Å². The Morgan fingerprint density at radius 1 is 1.43 bits per heavy atom. The second-order valence-electron chi connectivity index (χ2n) is 4.28. The van der Waals surface area contributed by atoms with Gasteiger partial charge < -0.3 is 15.8 Å². The van der Waals surface area contributed by atoms with E-state index in [1.807, 2.05) is 0 Å². The minimum Gasteiger partial charge on any atom is -0.383 e. The molecule has 0 aromatic heterocycles. The molecule has 0 saturated carbocycles. The highest BCUT2D eigenvalue weighted by Crippen LogP contribution is 2.30. The summed E-state index contributed by atoms with van der Waals surface area (Å²) in [5, 5.41) is 2.56. The van der Waals surface area contributed by atoms with Gasteiger partial charge in [-0.3, -0.25) is 4.79 Å².